The summed E-state index contributed by atoms with van der Waals surface area (Å²) in [6, 6.07) is 22.8. The van der Waals surface area contributed by atoms with E-state index in [2.05, 4.69) is 59.6 Å². The summed E-state index contributed by atoms with van der Waals surface area (Å²) >= 11 is 0. The average molecular weight is 270 g/mol. The third kappa shape index (κ3) is 1.84. The molecule has 3 aromatic carbocycles. The van der Waals surface area contributed by atoms with E-state index in [0.29, 0.717) is 5.69 Å². The fourth-order valence-electron chi connectivity index (χ4n) is 2.89. The van der Waals surface area contributed by atoms with Crippen LogP contribution < -0.4 is 5.73 Å². The van der Waals surface area contributed by atoms with Crippen molar-refractivity contribution in [2.75, 3.05) is 5.73 Å². The molecule has 0 atom stereocenters. The molecule has 2 heteroatoms. The summed E-state index contributed by atoms with van der Waals surface area (Å²) in [5.41, 5.74) is 8.76. The van der Waals surface area contributed by atoms with Crippen LogP contribution in [0.4, 0.5) is 5.69 Å². The number of pyridine rings is 1. The lowest BCUT2D eigenvalue weighted by Crippen LogP contribution is -1.93. The molecule has 1 aromatic heterocycles. The van der Waals surface area contributed by atoms with Crippen LogP contribution in [0.2, 0.25) is 0 Å². The van der Waals surface area contributed by atoms with Crippen molar-refractivity contribution in [3.63, 3.8) is 0 Å². The lowest BCUT2D eigenvalue weighted by molar-refractivity contribution is 1.34. The first-order chi connectivity index (χ1) is 10.3. The minimum absolute atomic E-state index is 0.706. The van der Waals surface area contributed by atoms with Gasteiger partial charge >= 0.3 is 0 Å². The van der Waals surface area contributed by atoms with Crippen LogP contribution in [0.15, 0.2) is 72.9 Å². The van der Waals surface area contributed by atoms with Crippen molar-refractivity contribution in [2.45, 2.75) is 0 Å². The largest absolute Gasteiger partial charge is 0.397 e. The summed E-state index contributed by atoms with van der Waals surface area (Å²) in [4.78, 5) is 4.48. The molecule has 0 saturated heterocycles. The third-order valence-electron chi connectivity index (χ3n) is 3.86. The van der Waals surface area contributed by atoms with Crippen LogP contribution in [0, 0.1) is 0 Å². The Morgan fingerprint density at radius 3 is 2.24 bits per heavy atom. The molecule has 0 saturated carbocycles. The molecule has 1 heterocycles. The number of fused-ring (bicyclic) bond motifs is 3. The highest BCUT2D eigenvalue weighted by Gasteiger charge is 2.10. The van der Waals surface area contributed by atoms with Gasteiger partial charge in [-0.25, -0.2) is 0 Å². The van der Waals surface area contributed by atoms with Gasteiger partial charge in [-0.1, -0.05) is 48.5 Å². The van der Waals surface area contributed by atoms with Gasteiger partial charge < -0.3 is 5.73 Å². The second kappa shape index (κ2) is 4.60. The minimum atomic E-state index is 0.706. The molecule has 0 radical (unpaired) electrons. The van der Waals surface area contributed by atoms with Crippen LogP contribution in [-0.2, 0) is 0 Å². The van der Waals surface area contributed by atoms with Crippen LogP contribution in [0.3, 0.4) is 0 Å². The molecule has 2 N–H and O–H groups in total. The maximum Gasteiger partial charge on any atom is 0.0937 e. The number of nitrogen functional groups attached to an aromatic ring is 1. The van der Waals surface area contributed by atoms with E-state index < -0.39 is 0 Å². The average Bonchev–Trinajstić information content (AvgIpc) is 2.55. The number of aromatic nitrogens is 1. The zero-order valence-corrected chi connectivity index (χ0v) is 11.5. The zero-order valence-electron chi connectivity index (χ0n) is 11.5. The molecule has 0 spiro atoms. The Hall–Kier alpha value is -2.87. The predicted molar refractivity (Wildman–Crippen MR) is 89.1 cm³/mol. The van der Waals surface area contributed by atoms with Crippen molar-refractivity contribution < 1.29 is 0 Å². The van der Waals surface area contributed by atoms with Gasteiger partial charge in [0.05, 0.1) is 11.4 Å². The minimum Gasteiger partial charge on any atom is -0.397 e. The van der Waals surface area contributed by atoms with E-state index in [4.69, 9.17) is 5.73 Å². The summed E-state index contributed by atoms with van der Waals surface area (Å²) in [6.07, 6.45) is 1.79. The number of anilines is 1. The van der Waals surface area contributed by atoms with Crippen molar-refractivity contribution in [1.82, 2.24) is 4.98 Å². The van der Waals surface area contributed by atoms with E-state index in [1.165, 1.54) is 21.5 Å². The van der Waals surface area contributed by atoms with Crippen molar-refractivity contribution in [1.29, 1.82) is 0 Å². The normalized spacial score (nSPS) is 11.0. The number of hydrogen-bond donors (Lipinski definition) is 1. The second-order valence-corrected chi connectivity index (χ2v) is 5.13. The van der Waals surface area contributed by atoms with E-state index in [9.17, 15) is 0 Å². The SMILES string of the molecule is Nc1cccnc1-c1cc2ccccc2c2ccccc12. The Labute approximate surface area is 122 Å². The van der Waals surface area contributed by atoms with Crippen molar-refractivity contribution in [3.05, 3.63) is 72.9 Å². The van der Waals surface area contributed by atoms with Gasteiger partial charge in [0, 0.05) is 11.8 Å². The van der Waals surface area contributed by atoms with Crippen molar-refractivity contribution in [2.24, 2.45) is 0 Å². The molecule has 0 aliphatic carbocycles. The first-order valence-electron chi connectivity index (χ1n) is 6.96. The fraction of sp³-hybridized carbons (Fsp3) is 0. The number of rotatable bonds is 1. The fourth-order valence-corrected chi connectivity index (χ4v) is 2.89. The number of nitrogens with two attached hydrogens (primary N) is 1. The Bertz CT molecular complexity index is 958. The maximum atomic E-state index is 6.13. The highest BCUT2D eigenvalue weighted by Crippen LogP contribution is 2.35. The van der Waals surface area contributed by atoms with Gasteiger partial charge in [0.25, 0.3) is 0 Å². The molecule has 2 nitrogen and oxygen atoms in total. The van der Waals surface area contributed by atoms with Gasteiger partial charge in [-0.3, -0.25) is 4.98 Å². The molecular weight excluding hydrogens is 256 g/mol. The molecule has 100 valence electrons. The van der Waals surface area contributed by atoms with E-state index >= 15 is 0 Å². The molecule has 0 fully saturated rings. The van der Waals surface area contributed by atoms with Gasteiger partial charge in [-0.2, -0.15) is 0 Å². The van der Waals surface area contributed by atoms with Crippen LogP contribution in [0.25, 0.3) is 32.8 Å². The molecule has 0 bridgehead atoms. The standard InChI is InChI=1S/C19H14N2/c20-18-10-5-11-21-19(18)17-12-13-6-1-2-7-14(13)15-8-3-4-9-16(15)17/h1-12H,20H2. The predicted octanol–water partition coefficient (Wildman–Crippen LogP) is 4.64. The lowest BCUT2D eigenvalue weighted by Gasteiger charge is -2.11. The molecule has 21 heavy (non-hydrogen) atoms. The highest BCUT2D eigenvalue weighted by atomic mass is 14.7. The van der Waals surface area contributed by atoms with E-state index in [0.717, 1.165) is 11.3 Å². The molecule has 4 aromatic rings. The van der Waals surface area contributed by atoms with E-state index in [1.807, 2.05) is 12.1 Å². The van der Waals surface area contributed by atoms with Crippen molar-refractivity contribution in [3.8, 4) is 11.3 Å². The first kappa shape index (κ1) is 11.9. The Balaban J connectivity index is 2.20. The Morgan fingerprint density at radius 1 is 0.714 bits per heavy atom. The van der Waals surface area contributed by atoms with E-state index in [-0.39, 0.29) is 0 Å². The monoisotopic (exact) mass is 270 g/mol. The van der Waals surface area contributed by atoms with Gasteiger partial charge in [0.15, 0.2) is 0 Å². The molecule has 0 aliphatic heterocycles. The summed E-state index contributed by atoms with van der Waals surface area (Å²) in [7, 11) is 0. The highest BCUT2D eigenvalue weighted by molar-refractivity contribution is 6.14. The quantitative estimate of drug-likeness (QED) is 0.512. The Morgan fingerprint density at radius 2 is 1.43 bits per heavy atom. The van der Waals surface area contributed by atoms with Gasteiger partial charge in [-0.15, -0.1) is 0 Å². The number of benzene rings is 3. The molecule has 0 unspecified atom stereocenters. The van der Waals surface area contributed by atoms with Crippen LogP contribution in [0.5, 0.6) is 0 Å². The molecule has 4 rings (SSSR count). The van der Waals surface area contributed by atoms with Crippen molar-refractivity contribution >= 4 is 27.2 Å². The molecule has 0 aliphatic rings. The van der Waals surface area contributed by atoms with Crippen LogP contribution in [0.1, 0.15) is 0 Å². The van der Waals surface area contributed by atoms with Crippen LogP contribution in [-0.4, -0.2) is 4.98 Å². The van der Waals surface area contributed by atoms with Gasteiger partial charge in [0.2, 0.25) is 0 Å². The number of hydrogen-bond acceptors (Lipinski definition) is 2. The van der Waals surface area contributed by atoms with Gasteiger partial charge in [0.1, 0.15) is 0 Å². The lowest BCUT2D eigenvalue weighted by atomic mass is 9.95. The topological polar surface area (TPSA) is 38.9 Å². The second-order valence-electron chi connectivity index (χ2n) is 5.13. The third-order valence-corrected chi connectivity index (χ3v) is 3.86. The summed E-state index contributed by atoms with van der Waals surface area (Å²) in [5.74, 6) is 0. The van der Waals surface area contributed by atoms with E-state index in [1.54, 1.807) is 6.20 Å². The first-order valence-corrected chi connectivity index (χ1v) is 6.96. The molecule has 0 amide bonds. The Kier molecular flexibility index (Phi) is 2.61. The van der Waals surface area contributed by atoms with Crippen LogP contribution >= 0.6 is 0 Å². The van der Waals surface area contributed by atoms with Gasteiger partial charge in [-0.05, 0) is 39.7 Å². The smallest absolute Gasteiger partial charge is 0.0937 e. The number of nitrogens with zero attached hydrogens (tertiary/aromatic N) is 1. The zero-order chi connectivity index (χ0) is 14.2. The summed E-state index contributed by atoms with van der Waals surface area (Å²) in [5, 5.41) is 4.87. The summed E-state index contributed by atoms with van der Waals surface area (Å²) in [6.45, 7) is 0. The maximum absolute atomic E-state index is 6.13. The summed E-state index contributed by atoms with van der Waals surface area (Å²) < 4.78 is 0. The molecular formula is C19H14N2.